The van der Waals surface area contributed by atoms with Crippen LogP contribution in [0.2, 0.25) is 0 Å². The van der Waals surface area contributed by atoms with Gasteiger partial charge >= 0.3 is 5.97 Å². The summed E-state index contributed by atoms with van der Waals surface area (Å²) in [6.07, 6.45) is 0. The molecular weight excluding hydrogens is 466 g/mol. The molecule has 0 unspecified atom stereocenters. The van der Waals surface area contributed by atoms with Crippen LogP contribution in [0.1, 0.15) is 56.4 Å². The Balaban J connectivity index is 1.51. The molecular formula is C25H29N5O4S. The van der Waals surface area contributed by atoms with Crippen molar-refractivity contribution >= 4 is 39.2 Å². The number of nitrogens with one attached hydrogen (secondary N) is 1. The Morgan fingerprint density at radius 3 is 2.43 bits per heavy atom. The molecule has 35 heavy (non-hydrogen) atoms. The van der Waals surface area contributed by atoms with Crippen LogP contribution in [0.4, 0.5) is 0 Å². The van der Waals surface area contributed by atoms with Crippen molar-refractivity contribution in [1.29, 1.82) is 0 Å². The number of carbonyl (C=O) groups excluding carboxylic acids is 2. The maximum atomic E-state index is 13.0. The summed E-state index contributed by atoms with van der Waals surface area (Å²) in [5.41, 5.74) is 2.08. The Morgan fingerprint density at radius 2 is 1.80 bits per heavy atom. The molecule has 1 atom stereocenters. The summed E-state index contributed by atoms with van der Waals surface area (Å²) in [5, 5.41) is 12.9. The highest BCUT2D eigenvalue weighted by atomic mass is 32.1. The lowest BCUT2D eigenvalue weighted by atomic mass is 9.86. The molecule has 0 aliphatic carbocycles. The van der Waals surface area contributed by atoms with Crippen molar-refractivity contribution in [2.45, 2.75) is 52.7 Å². The van der Waals surface area contributed by atoms with E-state index in [-0.39, 0.29) is 29.4 Å². The average molecular weight is 496 g/mol. The van der Waals surface area contributed by atoms with Gasteiger partial charge in [-0.05, 0) is 40.5 Å². The second-order valence-corrected chi connectivity index (χ2v) is 10.8. The SMILES string of the molecule is CC(C)[C@H](NC(=O)c1ccc(C(C)(C)C)cc1)C(=O)OCc1nnc2n(C)c(=O)c3sccc3n12. The zero-order valence-electron chi connectivity index (χ0n) is 20.7. The van der Waals surface area contributed by atoms with Gasteiger partial charge in [0.15, 0.2) is 12.4 Å². The molecule has 0 aliphatic rings. The van der Waals surface area contributed by atoms with Crippen molar-refractivity contribution in [2.24, 2.45) is 13.0 Å². The number of thiophene rings is 1. The number of aromatic nitrogens is 4. The van der Waals surface area contributed by atoms with E-state index in [0.29, 0.717) is 27.4 Å². The van der Waals surface area contributed by atoms with Crippen molar-refractivity contribution < 1.29 is 14.3 Å². The van der Waals surface area contributed by atoms with Gasteiger partial charge in [-0.3, -0.25) is 18.6 Å². The number of benzene rings is 1. The molecule has 0 radical (unpaired) electrons. The summed E-state index contributed by atoms with van der Waals surface area (Å²) in [6.45, 7) is 9.85. The van der Waals surface area contributed by atoms with Crippen LogP contribution >= 0.6 is 11.3 Å². The third-order valence-corrected chi connectivity index (χ3v) is 6.85. The lowest BCUT2D eigenvalue weighted by molar-refractivity contribution is -0.148. The van der Waals surface area contributed by atoms with Crippen LogP contribution in [0.15, 0.2) is 40.5 Å². The van der Waals surface area contributed by atoms with E-state index in [1.807, 2.05) is 37.4 Å². The van der Waals surface area contributed by atoms with E-state index in [1.54, 1.807) is 23.6 Å². The number of rotatable bonds is 6. The number of esters is 1. The van der Waals surface area contributed by atoms with E-state index in [2.05, 4.69) is 36.3 Å². The minimum atomic E-state index is -0.838. The number of nitrogens with zero attached hydrogens (tertiary/aromatic N) is 4. The first kappa shape index (κ1) is 24.6. The van der Waals surface area contributed by atoms with Crippen molar-refractivity contribution in [3.63, 3.8) is 0 Å². The number of carbonyl (C=O) groups is 2. The van der Waals surface area contributed by atoms with Crippen LogP contribution in [-0.4, -0.2) is 37.1 Å². The van der Waals surface area contributed by atoms with E-state index >= 15 is 0 Å². The fourth-order valence-corrected chi connectivity index (χ4v) is 4.67. The van der Waals surface area contributed by atoms with E-state index in [1.165, 1.54) is 15.9 Å². The number of hydrogen-bond acceptors (Lipinski definition) is 7. The molecule has 1 amide bonds. The Bertz CT molecular complexity index is 1460. The fraction of sp³-hybridized carbons (Fsp3) is 0.400. The molecule has 0 saturated heterocycles. The highest BCUT2D eigenvalue weighted by molar-refractivity contribution is 7.17. The van der Waals surface area contributed by atoms with Crippen LogP contribution in [-0.2, 0) is 28.6 Å². The highest BCUT2D eigenvalue weighted by Crippen LogP contribution is 2.22. The first-order valence-electron chi connectivity index (χ1n) is 11.4. The summed E-state index contributed by atoms with van der Waals surface area (Å²) in [4.78, 5) is 38.3. The summed E-state index contributed by atoms with van der Waals surface area (Å²) < 4.78 is 9.24. The normalized spacial score (nSPS) is 12.9. The summed E-state index contributed by atoms with van der Waals surface area (Å²) in [6, 6.07) is 8.34. The Labute approximate surface area is 206 Å². The van der Waals surface area contributed by atoms with E-state index < -0.39 is 12.0 Å². The number of fused-ring (bicyclic) bond motifs is 3. The van der Waals surface area contributed by atoms with Crippen molar-refractivity contribution in [3.8, 4) is 0 Å². The Morgan fingerprint density at radius 1 is 1.11 bits per heavy atom. The average Bonchev–Trinajstić information content (AvgIpc) is 3.45. The molecule has 1 aromatic carbocycles. The first-order chi connectivity index (χ1) is 16.5. The molecule has 184 valence electrons. The van der Waals surface area contributed by atoms with Crippen LogP contribution < -0.4 is 10.9 Å². The van der Waals surface area contributed by atoms with Gasteiger partial charge in [-0.1, -0.05) is 46.8 Å². The largest absolute Gasteiger partial charge is 0.456 e. The van der Waals surface area contributed by atoms with Gasteiger partial charge in [0.1, 0.15) is 10.7 Å². The molecule has 0 saturated carbocycles. The molecule has 4 rings (SSSR count). The van der Waals surface area contributed by atoms with Crippen LogP contribution in [0.5, 0.6) is 0 Å². The number of hydrogen-bond donors (Lipinski definition) is 1. The van der Waals surface area contributed by atoms with Crippen molar-refractivity contribution in [1.82, 2.24) is 24.5 Å². The fourth-order valence-electron chi connectivity index (χ4n) is 3.82. The molecule has 0 bridgehead atoms. The van der Waals surface area contributed by atoms with Gasteiger partial charge in [-0.15, -0.1) is 21.5 Å². The second kappa shape index (κ2) is 9.26. The zero-order chi connectivity index (χ0) is 25.5. The third kappa shape index (κ3) is 4.70. The van der Waals surface area contributed by atoms with Gasteiger partial charge in [-0.25, -0.2) is 4.79 Å². The monoisotopic (exact) mass is 495 g/mol. The molecule has 10 heteroatoms. The molecule has 4 aromatic rings. The van der Waals surface area contributed by atoms with E-state index in [0.717, 1.165) is 5.56 Å². The maximum absolute atomic E-state index is 13.0. The predicted molar refractivity (Wildman–Crippen MR) is 135 cm³/mol. The van der Waals surface area contributed by atoms with Gasteiger partial charge < -0.3 is 10.1 Å². The molecule has 0 fully saturated rings. The van der Waals surface area contributed by atoms with Crippen LogP contribution in [0.25, 0.3) is 16.0 Å². The topological polar surface area (TPSA) is 108 Å². The molecule has 1 N–H and O–H groups in total. The quantitative estimate of drug-likeness (QED) is 0.411. The molecule has 3 aromatic heterocycles. The zero-order valence-corrected chi connectivity index (χ0v) is 21.5. The third-order valence-electron chi connectivity index (χ3n) is 5.96. The van der Waals surface area contributed by atoms with Crippen LogP contribution in [0.3, 0.4) is 0 Å². The van der Waals surface area contributed by atoms with E-state index in [9.17, 15) is 14.4 Å². The Kier molecular flexibility index (Phi) is 6.50. The maximum Gasteiger partial charge on any atom is 0.329 e. The molecule has 0 aliphatic heterocycles. The predicted octanol–water partition coefficient (Wildman–Crippen LogP) is 3.44. The highest BCUT2D eigenvalue weighted by Gasteiger charge is 2.27. The number of aryl methyl sites for hydroxylation is 1. The van der Waals surface area contributed by atoms with Gasteiger partial charge in [0.05, 0.1) is 5.52 Å². The Hall–Kier alpha value is -3.53. The van der Waals surface area contributed by atoms with Gasteiger partial charge in [0, 0.05) is 12.6 Å². The molecule has 0 spiro atoms. The van der Waals surface area contributed by atoms with Gasteiger partial charge in [-0.2, -0.15) is 0 Å². The van der Waals surface area contributed by atoms with E-state index in [4.69, 9.17) is 4.74 Å². The van der Waals surface area contributed by atoms with Crippen molar-refractivity contribution in [3.05, 3.63) is 63.0 Å². The second-order valence-electron chi connectivity index (χ2n) is 9.88. The number of amides is 1. The molecule has 9 nitrogen and oxygen atoms in total. The summed E-state index contributed by atoms with van der Waals surface area (Å²) in [7, 11) is 1.62. The van der Waals surface area contributed by atoms with Crippen molar-refractivity contribution in [2.75, 3.05) is 0 Å². The number of ether oxygens (including phenoxy) is 1. The minimum Gasteiger partial charge on any atom is -0.456 e. The standard InChI is InChI=1S/C25H29N5O4S/c1-14(2)19(26-21(31)15-7-9-16(10-8-15)25(3,4)5)23(33)34-13-18-27-28-24-29(6)22(32)20-17(30(18)24)11-12-35-20/h7-12,14,19H,13H2,1-6H3,(H,26,31)/t19-/m0/s1. The van der Waals surface area contributed by atoms with Gasteiger partial charge in [0.25, 0.3) is 11.5 Å². The first-order valence-corrected chi connectivity index (χ1v) is 12.2. The van der Waals surface area contributed by atoms with Gasteiger partial charge in [0.2, 0.25) is 5.78 Å². The lowest BCUT2D eigenvalue weighted by Gasteiger charge is -2.22. The molecule has 3 heterocycles. The minimum absolute atomic E-state index is 0.0218. The lowest BCUT2D eigenvalue weighted by Crippen LogP contribution is -2.45. The summed E-state index contributed by atoms with van der Waals surface area (Å²) in [5.74, 6) is -0.357. The van der Waals surface area contributed by atoms with Crippen LogP contribution in [0, 0.1) is 5.92 Å². The summed E-state index contributed by atoms with van der Waals surface area (Å²) >= 11 is 1.33. The smallest absolute Gasteiger partial charge is 0.329 e.